The van der Waals surface area contributed by atoms with Crippen molar-refractivity contribution in [3.05, 3.63) is 76.6 Å². The van der Waals surface area contributed by atoms with Gasteiger partial charge in [0.15, 0.2) is 0 Å². The van der Waals surface area contributed by atoms with Crippen molar-refractivity contribution in [2.75, 3.05) is 12.8 Å². The SMILES string of the molecule is COc1ccc(S(=O)(=O)c2c(C)c(N)c(C)c(Cc3cccnc3)c2C(=O)O)cc1. The van der Waals surface area contributed by atoms with Crippen molar-refractivity contribution in [3.8, 4) is 5.75 Å². The summed E-state index contributed by atoms with van der Waals surface area (Å²) in [4.78, 5) is 16.0. The van der Waals surface area contributed by atoms with Crippen molar-refractivity contribution in [3.63, 3.8) is 0 Å². The zero-order chi connectivity index (χ0) is 22.1. The largest absolute Gasteiger partial charge is 0.497 e. The first-order valence-electron chi connectivity index (χ1n) is 9.11. The van der Waals surface area contributed by atoms with Gasteiger partial charge in [-0.3, -0.25) is 4.98 Å². The maximum absolute atomic E-state index is 13.5. The number of pyridine rings is 1. The monoisotopic (exact) mass is 426 g/mol. The molecule has 1 aromatic heterocycles. The Hall–Kier alpha value is -3.39. The highest BCUT2D eigenvalue weighted by molar-refractivity contribution is 7.91. The van der Waals surface area contributed by atoms with Crippen LogP contribution in [0.3, 0.4) is 0 Å². The van der Waals surface area contributed by atoms with E-state index in [9.17, 15) is 18.3 Å². The second-order valence-corrected chi connectivity index (χ2v) is 8.76. The standard InChI is InChI=1S/C22H22N2O5S/c1-13-18(11-15-5-4-10-24-12-15)19(22(25)26)21(14(2)20(13)23)30(27,28)17-8-6-16(29-3)7-9-17/h4-10,12H,11,23H2,1-3H3,(H,25,26). The molecule has 2 aromatic carbocycles. The molecule has 1 heterocycles. The Labute approximate surface area is 175 Å². The molecular weight excluding hydrogens is 404 g/mol. The topological polar surface area (TPSA) is 120 Å². The van der Waals surface area contributed by atoms with Gasteiger partial charge in [0.1, 0.15) is 5.75 Å². The van der Waals surface area contributed by atoms with Crippen molar-refractivity contribution < 1.29 is 23.1 Å². The van der Waals surface area contributed by atoms with Crippen molar-refractivity contribution >= 4 is 21.5 Å². The first-order chi connectivity index (χ1) is 14.2. The zero-order valence-electron chi connectivity index (χ0n) is 16.8. The van der Waals surface area contributed by atoms with Gasteiger partial charge < -0.3 is 15.6 Å². The molecule has 0 fully saturated rings. The van der Waals surface area contributed by atoms with E-state index in [1.54, 1.807) is 31.5 Å². The number of carboxylic acids is 1. The van der Waals surface area contributed by atoms with Crippen LogP contribution in [-0.2, 0) is 16.3 Å². The van der Waals surface area contributed by atoms with Crippen LogP contribution in [0.5, 0.6) is 5.75 Å². The van der Waals surface area contributed by atoms with Crippen LogP contribution >= 0.6 is 0 Å². The fourth-order valence-electron chi connectivity index (χ4n) is 3.44. The highest BCUT2D eigenvalue weighted by Crippen LogP contribution is 2.37. The summed E-state index contributed by atoms with van der Waals surface area (Å²) in [6, 6.07) is 9.32. The lowest BCUT2D eigenvalue weighted by atomic mass is 9.92. The summed E-state index contributed by atoms with van der Waals surface area (Å²) < 4.78 is 32.0. The lowest BCUT2D eigenvalue weighted by Crippen LogP contribution is -2.18. The van der Waals surface area contributed by atoms with Gasteiger partial charge in [0.05, 0.1) is 22.5 Å². The van der Waals surface area contributed by atoms with Gasteiger partial charge >= 0.3 is 5.97 Å². The molecule has 0 aliphatic rings. The molecule has 3 aromatic rings. The Balaban J connectivity index is 2.31. The second-order valence-electron chi connectivity index (χ2n) is 6.87. The maximum atomic E-state index is 13.5. The normalized spacial score (nSPS) is 11.3. The number of hydrogen-bond donors (Lipinski definition) is 2. The molecule has 0 radical (unpaired) electrons. The van der Waals surface area contributed by atoms with Crippen molar-refractivity contribution in [2.24, 2.45) is 0 Å². The first kappa shape index (κ1) is 21.3. The molecule has 3 N–H and O–H groups in total. The van der Waals surface area contributed by atoms with E-state index in [2.05, 4.69) is 4.98 Å². The number of nitrogens with zero attached hydrogens (tertiary/aromatic N) is 1. The van der Waals surface area contributed by atoms with Crippen LogP contribution in [0.1, 0.15) is 32.6 Å². The van der Waals surface area contributed by atoms with E-state index in [4.69, 9.17) is 10.5 Å². The van der Waals surface area contributed by atoms with Gasteiger partial charge in [-0.25, -0.2) is 13.2 Å². The minimum absolute atomic E-state index is 0.0375. The number of sulfone groups is 1. The third kappa shape index (κ3) is 3.73. The quantitative estimate of drug-likeness (QED) is 0.580. The summed E-state index contributed by atoms with van der Waals surface area (Å²) in [5.74, 6) is -0.836. The number of nitrogen functional groups attached to an aromatic ring is 1. The maximum Gasteiger partial charge on any atom is 0.337 e. The van der Waals surface area contributed by atoms with E-state index in [1.165, 1.54) is 38.3 Å². The predicted molar refractivity (Wildman–Crippen MR) is 113 cm³/mol. The fraction of sp³-hybridized carbons (Fsp3) is 0.182. The molecule has 0 aliphatic heterocycles. The lowest BCUT2D eigenvalue weighted by Gasteiger charge is -2.20. The number of rotatable bonds is 6. The van der Waals surface area contributed by atoms with Gasteiger partial charge in [-0.15, -0.1) is 0 Å². The summed E-state index contributed by atoms with van der Waals surface area (Å²) in [5, 5.41) is 10.0. The molecule has 3 rings (SSSR count). The number of aromatic carboxylic acids is 1. The molecule has 0 aliphatic carbocycles. The van der Waals surface area contributed by atoms with Crippen LogP contribution < -0.4 is 10.5 Å². The van der Waals surface area contributed by atoms with Gasteiger partial charge in [-0.1, -0.05) is 6.07 Å². The Bertz CT molecular complexity index is 1200. The van der Waals surface area contributed by atoms with Crippen molar-refractivity contribution in [1.82, 2.24) is 4.98 Å². The number of aromatic nitrogens is 1. The van der Waals surface area contributed by atoms with Gasteiger partial charge in [-0.2, -0.15) is 0 Å². The van der Waals surface area contributed by atoms with E-state index in [0.29, 0.717) is 16.9 Å². The number of nitrogens with two attached hydrogens (primary N) is 1. The minimum Gasteiger partial charge on any atom is -0.497 e. The van der Waals surface area contributed by atoms with Gasteiger partial charge in [0.25, 0.3) is 0 Å². The summed E-state index contributed by atoms with van der Waals surface area (Å²) in [6.07, 6.45) is 3.41. The number of anilines is 1. The van der Waals surface area contributed by atoms with E-state index in [-0.39, 0.29) is 33.0 Å². The highest BCUT2D eigenvalue weighted by Gasteiger charge is 2.32. The molecule has 0 amide bonds. The molecular formula is C22H22N2O5S. The molecule has 0 spiro atoms. The fourth-order valence-corrected chi connectivity index (χ4v) is 5.16. The van der Waals surface area contributed by atoms with Crippen LogP contribution in [0.25, 0.3) is 0 Å². The molecule has 0 bridgehead atoms. The molecule has 7 nitrogen and oxygen atoms in total. The molecule has 0 atom stereocenters. The van der Waals surface area contributed by atoms with Crippen LogP contribution in [0, 0.1) is 13.8 Å². The molecule has 156 valence electrons. The van der Waals surface area contributed by atoms with E-state index >= 15 is 0 Å². The number of hydrogen-bond acceptors (Lipinski definition) is 6. The number of benzene rings is 2. The highest BCUT2D eigenvalue weighted by atomic mass is 32.2. The molecule has 30 heavy (non-hydrogen) atoms. The Morgan fingerprint density at radius 2 is 1.80 bits per heavy atom. The molecule has 0 unspecified atom stereocenters. The second kappa shape index (κ2) is 8.16. The van der Waals surface area contributed by atoms with Crippen LogP contribution in [0.2, 0.25) is 0 Å². The van der Waals surface area contributed by atoms with Crippen LogP contribution in [0.4, 0.5) is 5.69 Å². The summed E-state index contributed by atoms with van der Waals surface area (Å²) in [7, 11) is -2.68. The minimum atomic E-state index is -4.16. The summed E-state index contributed by atoms with van der Waals surface area (Å²) in [5.41, 5.74) is 8.09. The third-order valence-electron chi connectivity index (χ3n) is 5.09. The number of carboxylic acid groups (broad SMARTS) is 1. The average Bonchev–Trinajstić information content (AvgIpc) is 2.74. The van der Waals surface area contributed by atoms with Gasteiger partial charge in [-0.05, 0) is 66.4 Å². The van der Waals surface area contributed by atoms with E-state index in [1.807, 2.05) is 0 Å². The van der Waals surface area contributed by atoms with E-state index < -0.39 is 15.8 Å². The average molecular weight is 426 g/mol. The Morgan fingerprint density at radius 3 is 2.33 bits per heavy atom. The molecule has 0 saturated carbocycles. The van der Waals surface area contributed by atoms with Crippen LogP contribution in [0.15, 0.2) is 58.6 Å². The van der Waals surface area contributed by atoms with Crippen molar-refractivity contribution in [1.29, 1.82) is 0 Å². The van der Waals surface area contributed by atoms with E-state index in [0.717, 1.165) is 5.56 Å². The van der Waals surface area contributed by atoms with Gasteiger partial charge in [0, 0.05) is 24.5 Å². The van der Waals surface area contributed by atoms with Gasteiger partial charge in [0.2, 0.25) is 9.84 Å². The summed E-state index contributed by atoms with van der Waals surface area (Å²) >= 11 is 0. The smallest absolute Gasteiger partial charge is 0.337 e. The number of methoxy groups -OCH3 is 1. The Morgan fingerprint density at radius 1 is 1.13 bits per heavy atom. The lowest BCUT2D eigenvalue weighted by molar-refractivity contribution is 0.0691. The molecule has 0 saturated heterocycles. The van der Waals surface area contributed by atoms with Crippen molar-refractivity contribution in [2.45, 2.75) is 30.1 Å². The van der Waals surface area contributed by atoms with Crippen LogP contribution in [-0.4, -0.2) is 31.6 Å². The number of ether oxygens (including phenoxy) is 1. The molecule has 8 heteroatoms. The zero-order valence-corrected chi connectivity index (χ0v) is 17.7. The number of carbonyl (C=O) groups is 1. The first-order valence-corrected chi connectivity index (χ1v) is 10.6. The predicted octanol–water partition coefficient (Wildman–Crippen LogP) is 3.41. The third-order valence-corrected chi connectivity index (χ3v) is 7.03. The Kier molecular flexibility index (Phi) is 5.80. The summed E-state index contributed by atoms with van der Waals surface area (Å²) in [6.45, 7) is 3.23.